The summed E-state index contributed by atoms with van der Waals surface area (Å²) in [7, 11) is -1.72. The molecule has 0 atom stereocenters. The van der Waals surface area contributed by atoms with Gasteiger partial charge in [0.1, 0.15) is 5.76 Å². The first-order valence-electron chi connectivity index (χ1n) is 3.53. The Labute approximate surface area is 78.1 Å². The molecule has 12 heavy (non-hydrogen) atoms. The van der Waals surface area contributed by atoms with Gasteiger partial charge in [0.2, 0.25) is 8.32 Å². The molecule has 0 unspecified atom stereocenters. The Hall–Kier alpha value is -0.483. The molecule has 0 aliphatic heterocycles. The second-order valence-electron chi connectivity index (χ2n) is 3.30. The van der Waals surface area contributed by atoms with Crippen LogP contribution in [0.4, 0.5) is 0 Å². The molecule has 0 spiro atoms. The summed E-state index contributed by atoms with van der Waals surface area (Å²) in [6.45, 7) is 5.90. The lowest BCUT2D eigenvalue weighted by molar-refractivity contribution is -0.131. The fourth-order valence-electron chi connectivity index (χ4n) is 0.626. The molecule has 0 saturated carbocycles. The molecule has 0 rings (SSSR count). The Bertz CT molecular complexity index is 195. The van der Waals surface area contributed by atoms with Crippen LogP contribution < -0.4 is 0 Å². The maximum atomic E-state index is 10.3. The van der Waals surface area contributed by atoms with Crippen LogP contribution in [0.5, 0.6) is 0 Å². The van der Waals surface area contributed by atoms with Crippen molar-refractivity contribution in [3.63, 3.8) is 0 Å². The van der Waals surface area contributed by atoms with Crippen LogP contribution in [0.1, 0.15) is 0 Å². The number of alkyl halides is 1. The SMILES string of the molecule is C[Si](C)(C)O/C(=C\C(=O)O)CCl. The molecule has 1 N–H and O–H groups in total. The number of hydrogen-bond donors (Lipinski definition) is 1. The van der Waals surface area contributed by atoms with Crippen molar-refractivity contribution < 1.29 is 14.3 Å². The molecular weight excluding hydrogens is 196 g/mol. The predicted octanol–water partition coefficient (Wildman–Crippen LogP) is 2.05. The van der Waals surface area contributed by atoms with Crippen LogP contribution in [0.2, 0.25) is 19.6 Å². The van der Waals surface area contributed by atoms with Gasteiger partial charge in [-0.3, -0.25) is 0 Å². The Kier molecular flexibility index (Phi) is 4.34. The largest absolute Gasteiger partial charge is 0.546 e. The fourth-order valence-corrected chi connectivity index (χ4v) is 1.77. The summed E-state index contributed by atoms with van der Waals surface area (Å²) in [6, 6.07) is 0. The van der Waals surface area contributed by atoms with Crippen molar-refractivity contribution in [2.45, 2.75) is 19.6 Å². The van der Waals surface area contributed by atoms with Crippen LogP contribution in [0, 0.1) is 0 Å². The molecule has 0 aliphatic rings. The van der Waals surface area contributed by atoms with Crippen LogP contribution in [0.3, 0.4) is 0 Å². The maximum Gasteiger partial charge on any atom is 0.331 e. The van der Waals surface area contributed by atoms with Gasteiger partial charge < -0.3 is 9.53 Å². The summed E-state index contributed by atoms with van der Waals surface area (Å²) in [6.07, 6.45) is 1.01. The zero-order valence-corrected chi connectivity index (χ0v) is 9.18. The molecule has 3 nitrogen and oxygen atoms in total. The van der Waals surface area contributed by atoms with Crippen LogP contribution in [-0.4, -0.2) is 25.3 Å². The summed E-state index contributed by atoms with van der Waals surface area (Å²) in [4.78, 5) is 10.3. The maximum absolute atomic E-state index is 10.3. The highest BCUT2D eigenvalue weighted by molar-refractivity contribution is 6.70. The second kappa shape index (κ2) is 4.52. The first kappa shape index (κ1) is 11.5. The van der Waals surface area contributed by atoms with Gasteiger partial charge in [0.15, 0.2) is 0 Å². The lowest BCUT2D eigenvalue weighted by Crippen LogP contribution is -2.25. The van der Waals surface area contributed by atoms with Gasteiger partial charge in [-0.2, -0.15) is 0 Å². The fraction of sp³-hybridized carbons (Fsp3) is 0.571. The van der Waals surface area contributed by atoms with Crippen LogP contribution in [0.15, 0.2) is 11.8 Å². The van der Waals surface area contributed by atoms with E-state index >= 15 is 0 Å². The third-order valence-electron chi connectivity index (χ3n) is 0.853. The van der Waals surface area contributed by atoms with Crippen molar-refractivity contribution >= 4 is 25.9 Å². The smallest absolute Gasteiger partial charge is 0.331 e. The molecule has 0 aromatic heterocycles. The van der Waals surface area contributed by atoms with Gasteiger partial charge in [0.25, 0.3) is 0 Å². The first-order valence-corrected chi connectivity index (χ1v) is 7.48. The molecule has 0 aliphatic carbocycles. The van der Waals surface area contributed by atoms with E-state index in [-0.39, 0.29) is 5.88 Å². The first-order chi connectivity index (χ1) is 5.35. The van der Waals surface area contributed by atoms with E-state index in [1.54, 1.807) is 0 Å². The van der Waals surface area contributed by atoms with E-state index < -0.39 is 14.3 Å². The van der Waals surface area contributed by atoms with E-state index in [0.717, 1.165) is 6.08 Å². The highest BCUT2D eigenvalue weighted by Gasteiger charge is 2.17. The van der Waals surface area contributed by atoms with Gasteiger partial charge in [-0.1, -0.05) is 0 Å². The molecule has 0 aromatic rings. The zero-order valence-electron chi connectivity index (χ0n) is 7.43. The molecule has 0 heterocycles. The van der Waals surface area contributed by atoms with E-state index in [1.807, 2.05) is 19.6 Å². The molecular formula is C7H13ClO3Si. The number of rotatable bonds is 4. The lowest BCUT2D eigenvalue weighted by atomic mass is 10.5. The normalized spacial score (nSPS) is 12.8. The molecule has 0 aromatic carbocycles. The molecule has 0 radical (unpaired) electrons. The topological polar surface area (TPSA) is 46.5 Å². The second-order valence-corrected chi connectivity index (χ2v) is 7.99. The van der Waals surface area contributed by atoms with Gasteiger partial charge in [0.05, 0.1) is 12.0 Å². The van der Waals surface area contributed by atoms with Gasteiger partial charge in [-0.25, -0.2) is 4.79 Å². The predicted molar refractivity (Wildman–Crippen MR) is 50.9 cm³/mol. The van der Waals surface area contributed by atoms with Crippen molar-refractivity contribution in [2.75, 3.05) is 5.88 Å². The van der Waals surface area contributed by atoms with Gasteiger partial charge in [-0.05, 0) is 19.6 Å². The molecule has 5 heteroatoms. The van der Waals surface area contributed by atoms with Crippen molar-refractivity contribution in [3.8, 4) is 0 Å². The molecule has 0 amide bonds. The van der Waals surface area contributed by atoms with Crippen molar-refractivity contribution in [1.29, 1.82) is 0 Å². The third-order valence-corrected chi connectivity index (χ3v) is 1.99. The number of allylic oxidation sites excluding steroid dienone is 1. The Morgan fingerprint density at radius 1 is 1.58 bits per heavy atom. The van der Waals surface area contributed by atoms with Crippen molar-refractivity contribution in [1.82, 2.24) is 0 Å². The molecule has 0 saturated heterocycles. The molecule has 0 fully saturated rings. The van der Waals surface area contributed by atoms with Crippen LogP contribution >= 0.6 is 11.6 Å². The summed E-state index contributed by atoms with van der Waals surface area (Å²) in [5, 5.41) is 8.41. The van der Waals surface area contributed by atoms with Gasteiger partial charge in [-0.15, -0.1) is 11.6 Å². The monoisotopic (exact) mass is 208 g/mol. The highest BCUT2D eigenvalue weighted by atomic mass is 35.5. The van der Waals surface area contributed by atoms with Crippen molar-refractivity contribution in [3.05, 3.63) is 11.8 Å². The Morgan fingerprint density at radius 2 is 2.08 bits per heavy atom. The molecule has 0 bridgehead atoms. The van der Waals surface area contributed by atoms with E-state index in [1.165, 1.54) is 0 Å². The molecule has 70 valence electrons. The highest BCUT2D eigenvalue weighted by Crippen LogP contribution is 2.11. The number of carboxylic acids is 1. The Morgan fingerprint density at radius 3 is 2.33 bits per heavy atom. The summed E-state index contributed by atoms with van der Waals surface area (Å²) < 4.78 is 5.38. The van der Waals surface area contributed by atoms with E-state index in [2.05, 4.69) is 0 Å². The quantitative estimate of drug-likeness (QED) is 0.333. The van der Waals surface area contributed by atoms with Crippen LogP contribution in [0.25, 0.3) is 0 Å². The minimum Gasteiger partial charge on any atom is -0.546 e. The number of hydrogen-bond acceptors (Lipinski definition) is 2. The summed E-state index contributed by atoms with van der Waals surface area (Å²) in [5.74, 6) is -0.580. The van der Waals surface area contributed by atoms with E-state index in [9.17, 15) is 4.79 Å². The minimum atomic E-state index is -1.72. The van der Waals surface area contributed by atoms with Gasteiger partial charge in [0, 0.05) is 0 Å². The third kappa shape index (κ3) is 6.24. The number of carboxylic acid groups (broad SMARTS) is 1. The average molecular weight is 209 g/mol. The van der Waals surface area contributed by atoms with E-state index in [0.29, 0.717) is 5.76 Å². The zero-order chi connectivity index (χ0) is 9.78. The number of aliphatic carboxylic acids is 1. The van der Waals surface area contributed by atoms with Gasteiger partial charge >= 0.3 is 5.97 Å². The van der Waals surface area contributed by atoms with E-state index in [4.69, 9.17) is 21.1 Å². The number of halogens is 1. The summed E-state index contributed by atoms with van der Waals surface area (Å²) in [5.41, 5.74) is 0. The average Bonchev–Trinajstić information content (AvgIpc) is 1.82. The van der Waals surface area contributed by atoms with Crippen molar-refractivity contribution in [2.24, 2.45) is 0 Å². The lowest BCUT2D eigenvalue weighted by Gasteiger charge is -2.19. The number of carbonyl (C=O) groups is 1. The Balaban J connectivity index is 4.28. The summed E-state index contributed by atoms with van der Waals surface area (Å²) >= 11 is 5.48. The minimum absolute atomic E-state index is 0.108. The standard InChI is InChI=1S/C7H13ClO3Si/c1-12(2,3)11-6(5-8)4-7(9)10/h4H,5H2,1-3H3,(H,9,10)/b6-4-. The van der Waals surface area contributed by atoms with Crippen LogP contribution in [-0.2, 0) is 9.22 Å².